The van der Waals surface area contributed by atoms with Crippen molar-refractivity contribution in [3.63, 3.8) is 0 Å². The highest BCUT2D eigenvalue weighted by Gasteiger charge is 2.43. The first-order chi connectivity index (χ1) is 14.4. The normalized spacial score (nSPS) is 13.5. The predicted octanol–water partition coefficient (Wildman–Crippen LogP) is 1.35. The van der Waals surface area contributed by atoms with Gasteiger partial charge in [0.25, 0.3) is 17.4 Å². The van der Waals surface area contributed by atoms with Gasteiger partial charge in [0.2, 0.25) is 0 Å². The van der Waals surface area contributed by atoms with E-state index in [-0.39, 0.29) is 30.5 Å². The van der Waals surface area contributed by atoms with Crippen LogP contribution in [0.1, 0.15) is 37.6 Å². The standard InChI is InChI=1S/C21H27N3O6S/c1-14(2)22-19(26)16-7-5-15(6-8-16)17-9-11-24(18(25)13-17)12-10-21(3,20(27)23-28)31(4,29)30/h5-9,11,13-14,28H,10,12H2,1-4H3,(H,22,26)(H,23,27). The third-order valence-corrected chi connectivity index (χ3v) is 7.15. The summed E-state index contributed by atoms with van der Waals surface area (Å²) in [5, 5.41) is 11.7. The third kappa shape index (κ3) is 5.59. The van der Waals surface area contributed by atoms with Gasteiger partial charge >= 0.3 is 0 Å². The molecule has 0 saturated carbocycles. The van der Waals surface area contributed by atoms with Crippen LogP contribution in [0.3, 0.4) is 0 Å². The summed E-state index contributed by atoms with van der Waals surface area (Å²) in [4.78, 5) is 36.5. The van der Waals surface area contributed by atoms with Crippen molar-refractivity contribution in [2.24, 2.45) is 0 Å². The lowest BCUT2D eigenvalue weighted by atomic mass is 10.0. The van der Waals surface area contributed by atoms with E-state index in [1.807, 2.05) is 13.8 Å². The highest BCUT2D eigenvalue weighted by Crippen LogP contribution is 2.22. The minimum absolute atomic E-state index is 0.0211. The number of aryl methyl sites for hydroxylation is 1. The van der Waals surface area contributed by atoms with Gasteiger partial charge in [0.05, 0.1) is 0 Å². The van der Waals surface area contributed by atoms with E-state index in [4.69, 9.17) is 5.21 Å². The highest BCUT2D eigenvalue weighted by atomic mass is 32.2. The Kier molecular flexibility index (Phi) is 7.40. The Labute approximate surface area is 181 Å². The van der Waals surface area contributed by atoms with Crippen LogP contribution in [0.25, 0.3) is 11.1 Å². The second kappa shape index (κ2) is 9.44. The van der Waals surface area contributed by atoms with Crippen LogP contribution in [0, 0.1) is 0 Å². The van der Waals surface area contributed by atoms with Gasteiger partial charge in [0.1, 0.15) is 0 Å². The number of carbonyl (C=O) groups excluding carboxylic acids is 2. The Hall–Kier alpha value is -2.98. The fraction of sp³-hybridized carbons (Fsp3) is 0.381. The molecule has 168 valence electrons. The smallest absolute Gasteiger partial charge is 0.264 e. The summed E-state index contributed by atoms with van der Waals surface area (Å²) in [6, 6.07) is 9.92. The van der Waals surface area contributed by atoms with Crippen LogP contribution < -0.4 is 16.4 Å². The van der Waals surface area contributed by atoms with Crippen LogP contribution in [0.4, 0.5) is 0 Å². The summed E-state index contributed by atoms with van der Waals surface area (Å²) in [7, 11) is -3.85. The molecule has 0 fully saturated rings. The van der Waals surface area contributed by atoms with Crippen LogP contribution in [-0.2, 0) is 21.2 Å². The van der Waals surface area contributed by atoms with Crippen molar-refractivity contribution < 1.29 is 23.2 Å². The van der Waals surface area contributed by atoms with E-state index in [1.165, 1.54) is 29.2 Å². The average Bonchev–Trinajstić information content (AvgIpc) is 2.70. The van der Waals surface area contributed by atoms with Gasteiger partial charge < -0.3 is 9.88 Å². The number of pyridine rings is 1. The average molecular weight is 450 g/mol. The van der Waals surface area contributed by atoms with Gasteiger partial charge in [-0.2, -0.15) is 0 Å². The van der Waals surface area contributed by atoms with E-state index in [9.17, 15) is 22.8 Å². The molecule has 1 heterocycles. The van der Waals surface area contributed by atoms with Crippen molar-refractivity contribution in [2.75, 3.05) is 6.26 Å². The van der Waals surface area contributed by atoms with Crippen molar-refractivity contribution in [2.45, 2.75) is 44.5 Å². The molecular weight excluding hydrogens is 422 g/mol. The number of hydroxylamine groups is 1. The molecule has 2 rings (SSSR count). The first-order valence-corrected chi connectivity index (χ1v) is 11.5. The SMILES string of the molecule is CC(C)NC(=O)c1ccc(-c2ccn(CCC(C)(C(=O)NO)S(C)(=O)=O)c(=O)c2)cc1. The number of carbonyl (C=O) groups is 2. The topological polar surface area (TPSA) is 135 Å². The van der Waals surface area contributed by atoms with E-state index in [0.29, 0.717) is 11.1 Å². The summed E-state index contributed by atoms with van der Waals surface area (Å²) in [5.41, 5.74) is 2.89. The van der Waals surface area contributed by atoms with Crippen LogP contribution in [0.15, 0.2) is 47.4 Å². The van der Waals surface area contributed by atoms with Gasteiger partial charge in [-0.1, -0.05) is 12.1 Å². The number of aromatic nitrogens is 1. The van der Waals surface area contributed by atoms with E-state index >= 15 is 0 Å². The van der Waals surface area contributed by atoms with Crippen LogP contribution in [0.5, 0.6) is 0 Å². The number of rotatable bonds is 8. The molecule has 0 aliphatic rings. The third-order valence-electron chi connectivity index (χ3n) is 5.13. The van der Waals surface area contributed by atoms with Crippen molar-refractivity contribution in [1.29, 1.82) is 0 Å². The summed E-state index contributed by atoms with van der Waals surface area (Å²) in [5.74, 6) is -1.24. The van der Waals surface area contributed by atoms with E-state index in [2.05, 4.69) is 5.32 Å². The number of sulfone groups is 1. The van der Waals surface area contributed by atoms with E-state index in [1.54, 1.807) is 30.3 Å². The molecule has 0 aliphatic heterocycles. The van der Waals surface area contributed by atoms with Crippen molar-refractivity contribution in [1.82, 2.24) is 15.4 Å². The summed E-state index contributed by atoms with van der Waals surface area (Å²) < 4.78 is 23.5. The Morgan fingerprint density at radius 3 is 2.23 bits per heavy atom. The maximum absolute atomic E-state index is 12.5. The molecule has 2 amide bonds. The molecule has 1 atom stereocenters. The Morgan fingerprint density at radius 2 is 1.74 bits per heavy atom. The number of nitrogens with one attached hydrogen (secondary N) is 2. The quantitative estimate of drug-likeness (QED) is 0.411. The summed E-state index contributed by atoms with van der Waals surface area (Å²) in [6.07, 6.45) is 2.22. The molecule has 1 aromatic heterocycles. The number of amides is 2. The Morgan fingerprint density at radius 1 is 1.13 bits per heavy atom. The lowest BCUT2D eigenvalue weighted by Crippen LogP contribution is -2.49. The van der Waals surface area contributed by atoms with Gasteiger partial charge in [-0.3, -0.25) is 19.6 Å². The van der Waals surface area contributed by atoms with Gasteiger partial charge in [0.15, 0.2) is 14.6 Å². The number of benzene rings is 1. The maximum atomic E-state index is 12.5. The molecule has 0 spiro atoms. The maximum Gasteiger partial charge on any atom is 0.264 e. The minimum atomic E-state index is -3.85. The lowest BCUT2D eigenvalue weighted by Gasteiger charge is -2.25. The van der Waals surface area contributed by atoms with Crippen LogP contribution in [0.2, 0.25) is 0 Å². The molecule has 3 N–H and O–H groups in total. The molecule has 0 radical (unpaired) electrons. The Bertz CT molecular complexity index is 1120. The zero-order chi connectivity index (χ0) is 23.4. The zero-order valence-corrected chi connectivity index (χ0v) is 18.7. The predicted molar refractivity (Wildman–Crippen MR) is 117 cm³/mol. The largest absolute Gasteiger partial charge is 0.350 e. The molecular formula is C21H27N3O6S. The monoisotopic (exact) mass is 449 g/mol. The molecule has 31 heavy (non-hydrogen) atoms. The number of hydrogen-bond donors (Lipinski definition) is 3. The second-order valence-electron chi connectivity index (χ2n) is 7.85. The molecule has 2 aromatic rings. The van der Waals surface area contributed by atoms with Crippen molar-refractivity contribution in [3.05, 3.63) is 58.5 Å². The number of nitrogens with zero attached hydrogens (tertiary/aromatic N) is 1. The van der Waals surface area contributed by atoms with Crippen molar-refractivity contribution in [3.8, 4) is 11.1 Å². The molecule has 1 aromatic carbocycles. The first-order valence-electron chi connectivity index (χ1n) is 9.65. The molecule has 1 unspecified atom stereocenters. The molecule has 0 saturated heterocycles. The van der Waals surface area contributed by atoms with Gasteiger partial charge in [0, 0.05) is 36.7 Å². The molecule has 0 aliphatic carbocycles. The zero-order valence-electron chi connectivity index (χ0n) is 17.9. The van der Waals surface area contributed by atoms with Gasteiger partial charge in [-0.25, -0.2) is 13.9 Å². The molecule has 10 heteroatoms. The fourth-order valence-corrected chi connectivity index (χ4v) is 3.80. The van der Waals surface area contributed by atoms with Crippen LogP contribution >= 0.6 is 0 Å². The van der Waals surface area contributed by atoms with E-state index in [0.717, 1.165) is 11.8 Å². The molecule has 9 nitrogen and oxygen atoms in total. The minimum Gasteiger partial charge on any atom is -0.350 e. The van der Waals surface area contributed by atoms with Gasteiger partial charge in [-0.05, 0) is 56.5 Å². The summed E-state index contributed by atoms with van der Waals surface area (Å²) >= 11 is 0. The second-order valence-corrected chi connectivity index (χ2v) is 10.3. The first kappa shape index (κ1) is 24.3. The van der Waals surface area contributed by atoms with Crippen molar-refractivity contribution >= 4 is 21.7 Å². The highest BCUT2D eigenvalue weighted by molar-refractivity contribution is 7.92. The Balaban J connectivity index is 2.21. The summed E-state index contributed by atoms with van der Waals surface area (Å²) in [6.45, 7) is 4.90. The van der Waals surface area contributed by atoms with Gasteiger partial charge in [-0.15, -0.1) is 0 Å². The molecule has 0 bridgehead atoms. The van der Waals surface area contributed by atoms with Crippen LogP contribution in [-0.4, -0.2) is 47.1 Å². The lowest BCUT2D eigenvalue weighted by molar-refractivity contribution is -0.131. The number of hydrogen-bond acceptors (Lipinski definition) is 6. The van der Waals surface area contributed by atoms with E-state index < -0.39 is 20.5 Å². The fourth-order valence-electron chi connectivity index (χ4n) is 2.95.